The normalized spacial score (nSPS) is 22.1. The second kappa shape index (κ2) is 5.97. The molecule has 0 aliphatic carbocycles. The van der Waals surface area contributed by atoms with Gasteiger partial charge in [0.2, 0.25) is 0 Å². The summed E-state index contributed by atoms with van der Waals surface area (Å²) >= 11 is 0. The minimum absolute atomic E-state index is 0.397. The van der Waals surface area contributed by atoms with Crippen LogP contribution >= 0.6 is 0 Å². The van der Waals surface area contributed by atoms with Crippen LogP contribution in [0.15, 0.2) is 18.2 Å². The molecule has 0 radical (unpaired) electrons. The average Bonchev–Trinajstić information content (AvgIpc) is 2.77. The van der Waals surface area contributed by atoms with Crippen molar-refractivity contribution in [3.8, 4) is 0 Å². The fraction of sp³-hybridized carbons (Fsp3) is 0.600. The Kier molecular flexibility index (Phi) is 4.53. The van der Waals surface area contributed by atoms with E-state index in [2.05, 4.69) is 18.7 Å². The number of benzene rings is 1. The number of likely N-dealkylation sites (tertiary alicyclic amines) is 1. The molecule has 2 nitrogen and oxygen atoms in total. The molecule has 0 spiro atoms. The lowest BCUT2D eigenvalue weighted by Gasteiger charge is -2.22. The van der Waals surface area contributed by atoms with Gasteiger partial charge in [0.15, 0.2) is 0 Å². The summed E-state index contributed by atoms with van der Waals surface area (Å²) in [5, 5.41) is 0. The van der Waals surface area contributed by atoms with Crippen molar-refractivity contribution in [2.75, 3.05) is 19.6 Å². The molecule has 4 heteroatoms. The van der Waals surface area contributed by atoms with Crippen molar-refractivity contribution in [3.05, 3.63) is 35.4 Å². The summed E-state index contributed by atoms with van der Waals surface area (Å²) in [7, 11) is 0. The Labute approximate surface area is 113 Å². The largest absolute Gasteiger partial charge is 0.323 e. The van der Waals surface area contributed by atoms with E-state index in [0.29, 0.717) is 23.9 Å². The third-order valence-corrected chi connectivity index (χ3v) is 4.07. The molecule has 1 heterocycles. The minimum atomic E-state index is -0.561. The van der Waals surface area contributed by atoms with Crippen molar-refractivity contribution in [2.45, 2.75) is 26.3 Å². The summed E-state index contributed by atoms with van der Waals surface area (Å²) in [4.78, 5) is 2.28. The standard InChI is InChI=1S/C15H22F2N2/c1-10(2)11-5-6-19(8-11)9-15(18)13-4-3-12(16)7-14(13)17/h3-4,7,10-11,15H,5-6,8-9,18H2,1-2H3. The summed E-state index contributed by atoms with van der Waals surface area (Å²) < 4.78 is 26.5. The van der Waals surface area contributed by atoms with Crippen molar-refractivity contribution >= 4 is 0 Å². The van der Waals surface area contributed by atoms with Gasteiger partial charge in [-0.25, -0.2) is 8.78 Å². The van der Waals surface area contributed by atoms with E-state index in [1.165, 1.54) is 18.6 Å². The molecule has 1 aromatic carbocycles. The summed E-state index contributed by atoms with van der Waals surface area (Å²) in [6, 6.07) is 3.21. The van der Waals surface area contributed by atoms with Crippen LogP contribution in [0.25, 0.3) is 0 Å². The van der Waals surface area contributed by atoms with Gasteiger partial charge in [-0.05, 0) is 30.9 Å². The first-order chi connectivity index (χ1) is 8.97. The molecule has 1 aromatic rings. The van der Waals surface area contributed by atoms with Crippen molar-refractivity contribution in [2.24, 2.45) is 17.6 Å². The van der Waals surface area contributed by atoms with Crippen LogP contribution in [0.4, 0.5) is 8.78 Å². The molecule has 19 heavy (non-hydrogen) atoms. The number of halogens is 2. The smallest absolute Gasteiger partial charge is 0.130 e. The molecule has 1 aliphatic heterocycles. The lowest BCUT2D eigenvalue weighted by atomic mass is 9.95. The molecular weight excluding hydrogens is 246 g/mol. The highest BCUT2D eigenvalue weighted by molar-refractivity contribution is 5.22. The first kappa shape index (κ1) is 14.4. The monoisotopic (exact) mass is 268 g/mol. The van der Waals surface area contributed by atoms with Crippen molar-refractivity contribution in [1.29, 1.82) is 0 Å². The molecular formula is C15H22F2N2. The lowest BCUT2D eigenvalue weighted by Crippen LogP contribution is -2.31. The molecule has 2 N–H and O–H groups in total. The van der Waals surface area contributed by atoms with Gasteiger partial charge in [0.1, 0.15) is 11.6 Å². The topological polar surface area (TPSA) is 29.3 Å². The van der Waals surface area contributed by atoms with E-state index in [0.717, 1.165) is 19.2 Å². The molecule has 0 saturated carbocycles. The molecule has 0 bridgehead atoms. The van der Waals surface area contributed by atoms with Crippen LogP contribution < -0.4 is 5.73 Å². The second-order valence-corrected chi connectivity index (χ2v) is 5.82. The maximum absolute atomic E-state index is 13.6. The molecule has 2 rings (SSSR count). The number of rotatable bonds is 4. The fourth-order valence-corrected chi connectivity index (χ4v) is 2.75. The molecule has 1 aliphatic rings. The Balaban J connectivity index is 1.96. The molecule has 1 saturated heterocycles. The Morgan fingerprint density at radius 1 is 1.37 bits per heavy atom. The van der Waals surface area contributed by atoms with Gasteiger partial charge in [-0.1, -0.05) is 19.9 Å². The molecule has 1 fully saturated rings. The number of hydrogen-bond acceptors (Lipinski definition) is 2. The van der Waals surface area contributed by atoms with Crippen LogP contribution in [0.2, 0.25) is 0 Å². The predicted octanol–water partition coefficient (Wildman–Crippen LogP) is 2.94. The average molecular weight is 268 g/mol. The zero-order valence-corrected chi connectivity index (χ0v) is 11.6. The fourth-order valence-electron chi connectivity index (χ4n) is 2.75. The van der Waals surface area contributed by atoms with Gasteiger partial charge < -0.3 is 10.6 Å². The summed E-state index contributed by atoms with van der Waals surface area (Å²) in [6.07, 6.45) is 1.18. The zero-order valence-electron chi connectivity index (χ0n) is 11.6. The number of nitrogens with zero attached hydrogens (tertiary/aromatic N) is 1. The summed E-state index contributed by atoms with van der Waals surface area (Å²) in [5.74, 6) is 0.260. The van der Waals surface area contributed by atoms with Gasteiger partial charge in [-0.3, -0.25) is 0 Å². The zero-order chi connectivity index (χ0) is 14.0. The van der Waals surface area contributed by atoms with E-state index < -0.39 is 17.7 Å². The van der Waals surface area contributed by atoms with Crippen LogP contribution in [-0.4, -0.2) is 24.5 Å². The van der Waals surface area contributed by atoms with E-state index in [9.17, 15) is 8.78 Å². The van der Waals surface area contributed by atoms with Gasteiger partial charge in [-0.15, -0.1) is 0 Å². The predicted molar refractivity (Wildman–Crippen MR) is 72.7 cm³/mol. The van der Waals surface area contributed by atoms with Crippen molar-refractivity contribution in [3.63, 3.8) is 0 Å². The number of nitrogens with two attached hydrogens (primary N) is 1. The first-order valence-corrected chi connectivity index (χ1v) is 6.90. The maximum atomic E-state index is 13.6. The van der Waals surface area contributed by atoms with Crippen molar-refractivity contribution < 1.29 is 8.78 Å². The highest BCUT2D eigenvalue weighted by Crippen LogP contribution is 2.25. The summed E-state index contributed by atoms with van der Waals surface area (Å²) in [5.41, 5.74) is 6.44. The van der Waals surface area contributed by atoms with Crippen LogP contribution in [0.5, 0.6) is 0 Å². The SMILES string of the molecule is CC(C)C1CCN(CC(N)c2ccc(F)cc2F)C1. The lowest BCUT2D eigenvalue weighted by molar-refractivity contribution is 0.285. The van der Waals surface area contributed by atoms with E-state index in [1.807, 2.05) is 0 Å². The van der Waals surface area contributed by atoms with Gasteiger partial charge >= 0.3 is 0 Å². The molecule has 2 unspecified atom stereocenters. The van der Waals surface area contributed by atoms with E-state index in [-0.39, 0.29) is 0 Å². The van der Waals surface area contributed by atoms with Crippen LogP contribution in [0.3, 0.4) is 0 Å². The summed E-state index contributed by atoms with van der Waals surface area (Å²) in [6.45, 7) is 7.13. The third-order valence-electron chi connectivity index (χ3n) is 4.07. The highest BCUT2D eigenvalue weighted by atomic mass is 19.1. The first-order valence-electron chi connectivity index (χ1n) is 6.90. The van der Waals surface area contributed by atoms with Gasteiger partial charge in [-0.2, -0.15) is 0 Å². The van der Waals surface area contributed by atoms with Crippen molar-refractivity contribution in [1.82, 2.24) is 4.90 Å². The molecule has 2 atom stereocenters. The quantitative estimate of drug-likeness (QED) is 0.909. The number of hydrogen-bond donors (Lipinski definition) is 1. The molecule has 106 valence electrons. The Hall–Kier alpha value is -1.00. The molecule has 0 aromatic heterocycles. The van der Waals surface area contributed by atoms with E-state index in [4.69, 9.17) is 5.73 Å². The Morgan fingerprint density at radius 3 is 2.68 bits per heavy atom. The third kappa shape index (κ3) is 3.51. The van der Waals surface area contributed by atoms with E-state index in [1.54, 1.807) is 0 Å². The highest BCUT2D eigenvalue weighted by Gasteiger charge is 2.26. The van der Waals surface area contributed by atoms with Gasteiger partial charge in [0.25, 0.3) is 0 Å². The Bertz CT molecular complexity index is 434. The van der Waals surface area contributed by atoms with Gasteiger partial charge in [0.05, 0.1) is 0 Å². The van der Waals surface area contributed by atoms with E-state index >= 15 is 0 Å². The van der Waals surface area contributed by atoms with Crippen LogP contribution in [0.1, 0.15) is 31.9 Å². The van der Waals surface area contributed by atoms with Crippen LogP contribution in [-0.2, 0) is 0 Å². The Morgan fingerprint density at radius 2 is 2.11 bits per heavy atom. The molecule has 0 amide bonds. The maximum Gasteiger partial charge on any atom is 0.130 e. The van der Waals surface area contributed by atoms with Crippen LogP contribution in [0, 0.1) is 23.5 Å². The second-order valence-electron chi connectivity index (χ2n) is 5.82. The minimum Gasteiger partial charge on any atom is -0.323 e. The van der Waals surface area contributed by atoms with Gasteiger partial charge in [0, 0.05) is 30.8 Å².